The highest BCUT2D eigenvalue weighted by Crippen LogP contribution is 2.58. The van der Waals surface area contributed by atoms with Crippen LogP contribution in [-0.2, 0) is 4.74 Å². The number of aromatic nitrogens is 2. The topological polar surface area (TPSA) is 58.2 Å². The van der Waals surface area contributed by atoms with Crippen molar-refractivity contribution >= 4 is 6.09 Å². The van der Waals surface area contributed by atoms with Crippen molar-refractivity contribution < 1.29 is 9.53 Å². The molecule has 1 spiro atoms. The van der Waals surface area contributed by atoms with Crippen molar-refractivity contribution in [2.75, 3.05) is 6.54 Å². The lowest BCUT2D eigenvalue weighted by molar-refractivity contribution is 0.0212. The van der Waals surface area contributed by atoms with Gasteiger partial charge < -0.3 is 9.72 Å². The van der Waals surface area contributed by atoms with Crippen molar-refractivity contribution in [3.05, 3.63) is 41.9 Å². The van der Waals surface area contributed by atoms with Crippen LogP contribution in [0.5, 0.6) is 0 Å². The molecule has 4 rings (SSSR count). The number of ether oxygens (including phenoxy) is 1. The average Bonchev–Trinajstić information content (AvgIpc) is 2.98. The second-order valence-corrected chi connectivity index (χ2v) is 8.88. The summed E-state index contributed by atoms with van der Waals surface area (Å²) in [7, 11) is 0. The Bertz CT molecular complexity index is 813. The zero-order valence-corrected chi connectivity index (χ0v) is 16.0. The molecule has 1 N–H and O–H groups in total. The quantitative estimate of drug-likeness (QED) is 0.840. The summed E-state index contributed by atoms with van der Waals surface area (Å²) in [6.45, 7) is 8.57. The number of carbonyl (C=O) groups is 1. The van der Waals surface area contributed by atoms with Gasteiger partial charge in [-0.1, -0.05) is 29.8 Å². The standard InChI is InChI=1S/C21H27N3O2/c1-14-5-7-15(8-6-14)16-12-22-18(23-16)17-11-21(9-10-21)13-24(17)19(25)26-20(2,3)4/h5-8,12,17H,9-11,13H2,1-4H3,(H,22,23)/t17-/m0/s1. The van der Waals surface area contributed by atoms with Gasteiger partial charge in [0.2, 0.25) is 0 Å². The van der Waals surface area contributed by atoms with Crippen LogP contribution in [0.4, 0.5) is 4.79 Å². The predicted octanol–water partition coefficient (Wildman–Crippen LogP) is 4.85. The molecule has 1 aliphatic heterocycles. The minimum atomic E-state index is -0.489. The first-order chi connectivity index (χ1) is 12.2. The number of benzene rings is 1. The van der Waals surface area contributed by atoms with Crippen LogP contribution < -0.4 is 0 Å². The number of hydrogen-bond donors (Lipinski definition) is 1. The molecule has 1 aromatic carbocycles. The zero-order chi connectivity index (χ0) is 18.5. The minimum Gasteiger partial charge on any atom is -0.444 e. The van der Waals surface area contributed by atoms with Crippen molar-refractivity contribution in [1.29, 1.82) is 0 Å². The molecule has 138 valence electrons. The number of amides is 1. The maximum absolute atomic E-state index is 12.7. The number of hydrogen-bond acceptors (Lipinski definition) is 3. The van der Waals surface area contributed by atoms with Crippen LogP contribution in [0.2, 0.25) is 0 Å². The fourth-order valence-corrected chi connectivity index (χ4v) is 3.74. The summed E-state index contributed by atoms with van der Waals surface area (Å²) in [4.78, 5) is 22.7. The van der Waals surface area contributed by atoms with Crippen LogP contribution in [0, 0.1) is 12.3 Å². The Hall–Kier alpha value is -2.30. The zero-order valence-electron chi connectivity index (χ0n) is 16.0. The molecule has 5 nitrogen and oxygen atoms in total. The molecule has 2 aliphatic rings. The number of carbonyl (C=O) groups excluding carboxylic acids is 1. The van der Waals surface area contributed by atoms with E-state index in [0.29, 0.717) is 0 Å². The van der Waals surface area contributed by atoms with E-state index in [9.17, 15) is 4.79 Å². The Morgan fingerprint density at radius 1 is 1.27 bits per heavy atom. The summed E-state index contributed by atoms with van der Waals surface area (Å²) >= 11 is 0. The van der Waals surface area contributed by atoms with E-state index < -0.39 is 5.60 Å². The van der Waals surface area contributed by atoms with Gasteiger partial charge in [0.05, 0.1) is 17.9 Å². The lowest BCUT2D eigenvalue weighted by Gasteiger charge is -2.27. The molecule has 0 unspecified atom stereocenters. The van der Waals surface area contributed by atoms with Crippen molar-refractivity contribution in [2.45, 2.75) is 58.6 Å². The summed E-state index contributed by atoms with van der Waals surface area (Å²) in [5, 5.41) is 0. The van der Waals surface area contributed by atoms with E-state index in [1.54, 1.807) is 0 Å². The lowest BCUT2D eigenvalue weighted by atomic mass is 10.0. The number of rotatable bonds is 2. The van der Waals surface area contributed by atoms with Gasteiger partial charge in [-0.2, -0.15) is 0 Å². The summed E-state index contributed by atoms with van der Waals surface area (Å²) in [5.41, 5.74) is 3.12. The first-order valence-electron chi connectivity index (χ1n) is 9.36. The highest BCUT2D eigenvalue weighted by atomic mass is 16.6. The highest BCUT2D eigenvalue weighted by Gasteiger charge is 2.55. The number of likely N-dealkylation sites (tertiary alicyclic amines) is 1. The molecule has 1 atom stereocenters. The largest absolute Gasteiger partial charge is 0.444 e. The van der Waals surface area contributed by atoms with Crippen LogP contribution in [-0.4, -0.2) is 33.1 Å². The number of nitrogens with one attached hydrogen (secondary N) is 1. The molecule has 1 saturated carbocycles. The number of aryl methyl sites for hydroxylation is 1. The van der Waals surface area contributed by atoms with Crippen LogP contribution in [0.3, 0.4) is 0 Å². The van der Waals surface area contributed by atoms with Gasteiger partial charge in [-0.15, -0.1) is 0 Å². The predicted molar refractivity (Wildman–Crippen MR) is 101 cm³/mol. The van der Waals surface area contributed by atoms with E-state index in [1.807, 2.05) is 31.9 Å². The molecule has 0 bridgehead atoms. The summed E-state index contributed by atoms with van der Waals surface area (Å²) in [6, 6.07) is 8.34. The SMILES string of the molecule is Cc1ccc(-c2cnc([C@@H]3CC4(CC4)CN3C(=O)OC(C)(C)C)[nH]2)cc1. The molecule has 26 heavy (non-hydrogen) atoms. The van der Waals surface area contributed by atoms with E-state index >= 15 is 0 Å². The van der Waals surface area contributed by atoms with Gasteiger partial charge in [-0.3, -0.25) is 4.90 Å². The van der Waals surface area contributed by atoms with E-state index in [2.05, 4.69) is 41.2 Å². The molecule has 1 saturated heterocycles. The maximum atomic E-state index is 12.7. The van der Waals surface area contributed by atoms with Gasteiger partial charge >= 0.3 is 6.09 Å². The monoisotopic (exact) mass is 353 g/mol. The molecule has 2 aromatic rings. The lowest BCUT2D eigenvalue weighted by Crippen LogP contribution is -2.37. The third-order valence-corrected chi connectivity index (χ3v) is 5.37. The van der Waals surface area contributed by atoms with Crippen molar-refractivity contribution in [1.82, 2.24) is 14.9 Å². The first-order valence-corrected chi connectivity index (χ1v) is 9.36. The van der Waals surface area contributed by atoms with Gasteiger partial charge in [-0.25, -0.2) is 9.78 Å². The van der Waals surface area contributed by atoms with Gasteiger partial charge in [0.25, 0.3) is 0 Å². The first kappa shape index (κ1) is 17.1. The Morgan fingerprint density at radius 3 is 2.58 bits per heavy atom. The average molecular weight is 353 g/mol. The van der Waals surface area contributed by atoms with Crippen LogP contribution in [0.25, 0.3) is 11.3 Å². The third-order valence-electron chi connectivity index (χ3n) is 5.37. The number of H-pyrrole nitrogens is 1. The Balaban J connectivity index is 1.59. The second kappa shape index (κ2) is 5.86. The Labute approximate surface area is 154 Å². The molecular weight excluding hydrogens is 326 g/mol. The van der Waals surface area contributed by atoms with Gasteiger partial charge in [0.1, 0.15) is 11.4 Å². The minimum absolute atomic E-state index is 0.0356. The molecule has 2 fully saturated rings. The maximum Gasteiger partial charge on any atom is 0.410 e. The van der Waals surface area contributed by atoms with Crippen LogP contribution >= 0.6 is 0 Å². The molecular formula is C21H27N3O2. The van der Waals surface area contributed by atoms with Crippen molar-refractivity contribution in [3.8, 4) is 11.3 Å². The highest BCUT2D eigenvalue weighted by molar-refractivity contribution is 5.69. The second-order valence-electron chi connectivity index (χ2n) is 8.88. The van der Waals surface area contributed by atoms with Gasteiger partial charge in [-0.05, 0) is 57.9 Å². The summed E-state index contributed by atoms with van der Waals surface area (Å²) < 4.78 is 5.64. The van der Waals surface area contributed by atoms with E-state index in [-0.39, 0.29) is 17.6 Å². The molecule has 1 aliphatic carbocycles. The third kappa shape index (κ3) is 3.35. The van der Waals surface area contributed by atoms with Crippen LogP contribution in [0.15, 0.2) is 30.5 Å². The number of nitrogens with zero attached hydrogens (tertiary/aromatic N) is 2. The van der Waals surface area contributed by atoms with E-state index in [4.69, 9.17) is 4.74 Å². The molecule has 5 heteroatoms. The fourth-order valence-electron chi connectivity index (χ4n) is 3.74. The fraction of sp³-hybridized carbons (Fsp3) is 0.524. The number of imidazole rings is 1. The van der Waals surface area contributed by atoms with Crippen molar-refractivity contribution in [2.24, 2.45) is 5.41 Å². The summed E-state index contributed by atoms with van der Waals surface area (Å²) in [5.74, 6) is 0.857. The number of aromatic amines is 1. The van der Waals surface area contributed by atoms with Gasteiger partial charge in [0.15, 0.2) is 0 Å². The van der Waals surface area contributed by atoms with Crippen LogP contribution in [0.1, 0.15) is 57.5 Å². The Kier molecular flexibility index (Phi) is 3.86. The summed E-state index contributed by atoms with van der Waals surface area (Å²) in [6.07, 6.45) is 4.97. The normalized spacial score (nSPS) is 21.2. The molecule has 1 amide bonds. The molecule has 0 radical (unpaired) electrons. The van der Waals surface area contributed by atoms with E-state index in [0.717, 1.165) is 30.0 Å². The molecule has 2 heterocycles. The van der Waals surface area contributed by atoms with Gasteiger partial charge in [0, 0.05) is 6.54 Å². The Morgan fingerprint density at radius 2 is 1.96 bits per heavy atom. The molecule has 1 aromatic heterocycles. The van der Waals surface area contributed by atoms with E-state index in [1.165, 1.54) is 18.4 Å². The van der Waals surface area contributed by atoms with Crippen molar-refractivity contribution in [3.63, 3.8) is 0 Å². The smallest absolute Gasteiger partial charge is 0.410 e.